The third-order valence-corrected chi connectivity index (χ3v) is 8.78. The number of anilines is 2. The van der Waals surface area contributed by atoms with Gasteiger partial charge in [0.1, 0.15) is 5.25 Å². The summed E-state index contributed by atoms with van der Waals surface area (Å²) in [6.07, 6.45) is 0.243. The quantitative estimate of drug-likeness (QED) is 0.158. The van der Waals surface area contributed by atoms with Crippen molar-refractivity contribution in [2.24, 2.45) is 0 Å². The average Bonchev–Trinajstić information content (AvgIpc) is 3.42. The van der Waals surface area contributed by atoms with Gasteiger partial charge in [-0.1, -0.05) is 77.3 Å². The fraction of sp³-hybridized carbons (Fsp3) is 0.0645. The van der Waals surface area contributed by atoms with Gasteiger partial charge in [-0.15, -0.1) is 23.1 Å². The van der Waals surface area contributed by atoms with Crippen LogP contribution in [-0.4, -0.2) is 16.8 Å². The normalized spacial score (nSPS) is 11.6. The van der Waals surface area contributed by atoms with E-state index in [2.05, 4.69) is 15.6 Å². The molecule has 5 rings (SSSR count). The van der Waals surface area contributed by atoms with E-state index in [1.165, 1.54) is 23.1 Å². The average molecular weight is 639 g/mol. The Bertz CT molecular complexity index is 1660. The second kappa shape index (κ2) is 13.6. The molecular weight excluding hydrogens is 617 g/mol. The molecule has 0 saturated carbocycles. The molecule has 41 heavy (non-hydrogen) atoms. The van der Waals surface area contributed by atoms with Crippen molar-refractivity contribution in [1.82, 2.24) is 4.98 Å². The zero-order valence-electron chi connectivity index (χ0n) is 21.3. The zero-order valence-corrected chi connectivity index (χ0v) is 25.2. The Morgan fingerprint density at radius 3 is 2.24 bits per heavy atom. The minimum atomic E-state index is -0.534. The van der Waals surface area contributed by atoms with Gasteiger partial charge in [-0.2, -0.15) is 0 Å². The lowest BCUT2D eigenvalue weighted by Gasteiger charge is -2.16. The third kappa shape index (κ3) is 7.91. The molecule has 2 amide bonds. The first-order valence-electron chi connectivity index (χ1n) is 12.4. The Morgan fingerprint density at radius 1 is 0.829 bits per heavy atom. The molecule has 1 heterocycles. The molecule has 0 aliphatic rings. The van der Waals surface area contributed by atoms with Crippen LogP contribution in [0.25, 0.3) is 11.3 Å². The summed E-state index contributed by atoms with van der Waals surface area (Å²) in [6.45, 7) is 0. The number of aromatic nitrogens is 1. The zero-order chi connectivity index (χ0) is 28.8. The van der Waals surface area contributed by atoms with E-state index in [9.17, 15) is 9.59 Å². The van der Waals surface area contributed by atoms with Gasteiger partial charge in [-0.3, -0.25) is 9.59 Å². The number of thioether (sulfide) groups is 1. The van der Waals surface area contributed by atoms with Crippen molar-refractivity contribution >= 4 is 80.5 Å². The highest BCUT2D eigenvalue weighted by atomic mass is 35.5. The molecule has 0 bridgehead atoms. The summed E-state index contributed by atoms with van der Waals surface area (Å²) >= 11 is 21.0. The Morgan fingerprint density at radius 2 is 1.54 bits per heavy atom. The van der Waals surface area contributed by atoms with E-state index in [0.717, 1.165) is 21.6 Å². The maximum absolute atomic E-state index is 13.5. The number of halogens is 3. The SMILES string of the molecule is O=C(Cc1ccc(Cl)cc1)Nc1ccc(SC(C(=O)Nc2nc(-c3ccc(Cl)cc3Cl)cs2)c2ccccc2)cc1. The number of carbonyl (C=O) groups is 2. The summed E-state index contributed by atoms with van der Waals surface area (Å²) in [5.74, 6) is -0.332. The van der Waals surface area contributed by atoms with E-state index < -0.39 is 5.25 Å². The number of nitrogens with zero attached hydrogens (tertiary/aromatic N) is 1. The van der Waals surface area contributed by atoms with Crippen molar-refractivity contribution in [3.63, 3.8) is 0 Å². The van der Waals surface area contributed by atoms with Gasteiger partial charge >= 0.3 is 0 Å². The molecule has 5 nitrogen and oxygen atoms in total. The smallest absolute Gasteiger partial charge is 0.244 e. The highest BCUT2D eigenvalue weighted by Crippen LogP contribution is 2.38. The first-order valence-corrected chi connectivity index (χ1v) is 15.3. The number of amides is 2. The summed E-state index contributed by atoms with van der Waals surface area (Å²) in [6, 6.07) is 29.4. The van der Waals surface area contributed by atoms with Crippen LogP contribution in [0.4, 0.5) is 10.8 Å². The van der Waals surface area contributed by atoms with Gasteiger partial charge in [0.25, 0.3) is 0 Å². The molecule has 4 aromatic carbocycles. The number of thiazole rings is 1. The number of hydrogen-bond donors (Lipinski definition) is 2. The molecule has 0 fully saturated rings. The number of nitrogens with one attached hydrogen (secondary N) is 2. The first-order chi connectivity index (χ1) is 19.8. The van der Waals surface area contributed by atoms with Gasteiger partial charge in [0.05, 0.1) is 17.1 Å². The van der Waals surface area contributed by atoms with Crippen molar-refractivity contribution in [2.45, 2.75) is 16.6 Å². The molecule has 0 saturated heterocycles. The predicted octanol–water partition coefficient (Wildman–Crippen LogP) is 9.42. The van der Waals surface area contributed by atoms with E-state index >= 15 is 0 Å². The van der Waals surface area contributed by atoms with Crippen LogP contribution in [-0.2, 0) is 16.0 Å². The maximum Gasteiger partial charge on any atom is 0.244 e. The largest absolute Gasteiger partial charge is 0.326 e. The minimum absolute atomic E-state index is 0.128. The summed E-state index contributed by atoms with van der Waals surface area (Å²) in [5, 5.41) is 9.31. The number of hydrogen-bond acceptors (Lipinski definition) is 5. The van der Waals surface area contributed by atoms with E-state index in [1.54, 1.807) is 30.3 Å². The Kier molecular flexibility index (Phi) is 9.64. The summed E-state index contributed by atoms with van der Waals surface area (Å²) in [7, 11) is 0. The number of benzene rings is 4. The lowest BCUT2D eigenvalue weighted by molar-refractivity contribution is -0.116. The van der Waals surface area contributed by atoms with Gasteiger partial charge in [0, 0.05) is 31.6 Å². The minimum Gasteiger partial charge on any atom is -0.326 e. The highest BCUT2D eigenvalue weighted by Gasteiger charge is 2.23. The van der Waals surface area contributed by atoms with Crippen LogP contribution in [0.1, 0.15) is 16.4 Å². The van der Waals surface area contributed by atoms with Crippen molar-refractivity contribution in [3.05, 3.63) is 129 Å². The molecule has 1 unspecified atom stereocenters. The molecule has 1 atom stereocenters. The monoisotopic (exact) mass is 637 g/mol. The molecule has 2 N–H and O–H groups in total. The topological polar surface area (TPSA) is 71.1 Å². The van der Waals surface area contributed by atoms with Gasteiger partial charge in [0.2, 0.25) is 11.8 Å². The number of rotatable bonds is 9. The summed E-state index contributed by atoms with van der Waals surface area (Å²) in [5.41, 5.74) is 3.80. The second-order valence-corrected chi connectivity index (χ2v) is 12.3. The van der Waals surface area contributed by atoms with Crippen LogP contribution in [0.3, 0.4) is 0 Å². The fourth-order valence-electron chi connectivity index (χ4n) is 3.97. The predicted molar refractivity (Wildman–Crippen MR) is 171 cm³/mol. The lowest BCUT2D eigenvalue weighted by atomic mass is 10.1. The molecule has 10 heteroatoms. The van der Waals surface area contributed by atoms with Gasteiger partial charge in [-0.05, 0) is 65.7 Å². The van der Waals surface area contributed by atoms with Crippen molar-refractivity contribution < 1.29 is 9.59 Å². The van der Waals surface area contributed by atoms with Crippen LogP contribution >= 0.6 is 57.9 Å². The standard InChI is InChI=1S/C31H22Cl3N3O2S2/c32-21-8-6-19(7-9-21)16-28(38)35-23-11-13-24(14-12-23)41-29(20-4-2-1-3-5-20)30(39)37-31-36-27(18-40-31)25-15-10-22(33)17-26(25)34/h1-15,17-18,29H,16H2,(H,35,38)(H,36,37,39). The molecule has 0 aliphatic heterocycles. The lowest BCUT2D eigenvalue weighted by Crippen LogP contribution is -2.19. The van der Waals surface area contributed by atoms with Crippen LogP contribution in [0.2, 0.25) is 15.1 Å². The maximum atomic E-state index is 13.5. The Balaban J connectivity index is 1.27. The fourth-order valence-corrected chi connectivity index (χ4v) is 6.34. The molecule has 0 aliphatic carbocycles. The molecule has 0 spiro atoms. The molecule has 5 aromatic rings. The van der Waals surface area contributed by atoms with E-state index in [1.807, 2.05) is 72.1 Å². The Labute approximate surface area is 260 Å². The van der Waals surface area contributed by atoms with Gasteiger partial charge < -0.3 is 10.6 Å². The number of carbonyl (C=O) groups excluding carboxylic acids is 2. The van der Waals surface area contributed by atoms with E-state index in [0.29, 0.717) is 31.6 Å². The Hall–Kier alpha value is -3.33. The first kappa shape index (κ1) is 29.2. The van der Waals surface area contributed by atoms with Crippen LogP contribution < -0.4 is 10.6 Å². The van der Waals surface area contributed by atoms with Crippen molar-refractivity contribution in [1.29, 1.82) is 0 Å². The van der Waals surface area contributed by atoms with Gasteiger partial charge in [0.15, 0.2) is 5.13 Å². The summed E-state index contributed by atoms with van der Waals surface area (Å²) in [4.78, 5) is 31.4. The van der Waals surface area contributed by atoms with Crippen LogP contribution in [0, 0.1) is 0 Å². The second-order valence-electron chi connectivity index (χ2n) is 8.94. The highest BCUT2D eigenvalue weighted by molar-refractivity contribution is 8.00. The van der Waals surface area contributed by atoms with Crippen molar-refractivity contribution in [2.75, 3.05) is 10.6 Å². The van der Waals surface area contributed by atoms with Crippen LogP contribution in [0.15, 0.2) is 107 Å². The molecule has 206 valence electrons. The van der Waals surface area contributed by atoms with E-state index in [4.69, 9.17) is 34.8 Å². The van der Waals surface area contributed by atoms with Gasteiger partial charge in [-0.25, -0.2) is 4.98 Å². The van der Waals surface area contributed by atoms with Crippen molar-refractivity contribution in [3.8, 4) is 11.3 Å². The third-order valence-electron chi connectivity index (χ3n) is 5.95. The van der Waals surface area contributed by atoms with Crippen LogP contribution in [0.5, 0.6) is 0 Å². The molecule has 1 aromatic heterocycles. The summed E-state index contributed by atoms with van der Waals surface area (Å²) < 4.78 is 0. The van der Waals surface area contributed by atoms with E-state index in [-0.39, 0.29) is 18.2 Å². The molecule has 0 radical (unpaired) electrons. The molecular formula is C31H22Cl3N3O2S2.